The van der Waals surface area contributed by atoms with Gasteiger partial charge in [-0.15, -0.1) is 0 Å². The van der Waals surface area contributed by atoms with Gasteiger partial charge >= 0.3 is 0 Å². The molecular weight excluding hydrogens is 382 g/mol. The number of hydrazone groups is 1. The molecule has 150 valence electrons. The number of sulfonamides is 1. The molecule has 0 saturated carbocycles. The van der Waals surface area contributed by atoms with Gasteiger partial charge < -0.3 is 9.47 Å². The summed E-state index contributed by atoms with van der Waals surface area (Å²) in [6.45, 7) is 1.38. The molecule has 0 fully saturated rings. The fraction of sp³-hybridized carbons (Fsp3) is 0.263. The van der Waals surface area contributed by atoms with Crippen molar-refractivity contribution in [3.8, 4) is 11.5 Å². The number of ether oxygens (including phenoxy) is 2. The number of hydrogen-bond donors (Lipinski definition) is 1. The Morgan fingerprint density at radius 1 is 1.18 bits per heavy atom. The molecule has 2 aromatic rings. The molecule has 0 aromatic heterocycles. The Morgan fingerprint density at radius 2 is 1.93 bits per heavy atom. The van der Waals surface area contributed by atoms with Crippen LogP contribution in [0.25, 0.3) is 0 Å². The maximum Gasteiger partial charge on any atom is 0.255 e. The quantitative estimate of drug-likeness (QED) is 0.533. The van der Waals surface area contributed by atoms with Crippen molar-refractivity contribution in [2.24, 2.45) is 5.10 Å². The van der Waals surface area contributed by atoms with E-state index in [0.717, 1.165) is 9.87 Å². The first kappa shape index (κ1) is 21.4. The highest BCUT2D eigenvalue weighted by Gasteiger charge is 2.23. The number of rotatable bonds is 8. The molecule has 0 radical (unpaired) electrons. The minimum Gasteiger partial charge on any atom is -0.497 e. The number of aryl methyl sites for hydroxylation is 1. The zero-order valence-electron chi connectivity index (χ0n) is 16.2. The summed E-state index contributed by atoms with van der Waals surface area (Å²) in [6, 6.07) is 11.6. The Kier molecular flexibility index (Phi) is 7.13. The Labute approximate surface area is 164 Å². The normalized spacial score (nSPS) is 11.6. The fourth-order valence-electron chi connectivity index (χ4n) is 2.41. The van der Waals surface area contributed by atoms with Crippen molar-refractivity contribution in [3.05, 3.63) is 53.6 Å². The van der Waals surface area contributed by atoms with Crippen molar-refractivity contribution < 1.29 is 22.7 Å². The van der Waals surface area contributed by atoms with Gasteiger partial charge in [0.1, 0.15) is 11.5 Å². The Morgan fingerprint density at radius 3 is 2.57 bits per heavy atom. The van der Waals surface area contributed by atoms with Gasteiger partial charge in [0, 0.05) is 7.05 Å². The van der Waals surface area contributed by atoms with Gasteiger partial charge in [0.05, 0.1) is 31.9 Å². The van der Waals surface area contributed by atoms with Crippen molar-refractivity contribution in [3.63, 3.8) is 0 Å². The summed E-state index contributed by atoms with van der Waals surface area (Å²) in [7, 11) is 0.581. The number of nitrogens with one attached hydrogen (secondary N) is 1. The first-order valence-electron chi connectivity index (χ1n) is 8.35. The smallest absolute Gasteiger partial charge is 0.255 e. The predicted octanol–water partition coefficient (Wildman–Crippen LogP) is 1.78. The van der Waals surface area contributed by atoms with Crippen LogP contribution in [0, 0.1) is 6.92 Å². The standard InChI is InChI=1S/C19H23N3O5S/c1-14-10-17(8-9-18(14)27-4)28(24,25)22(2)13-19(23)21-20-12-15-6-5-7-16(11-15)26-3/h5-12H,13H2,1-4H3,(H,21,23)/b20-12-. The van der Waals surface area contributed by atoms with Crippen LogP contribution in [0.5, 0.6) is 11.5 Å². The van der Waals surface area contributed by atoms with E-state index in [1.165, 1.54) is 32.5 Å². The van der Waals surface area contributed by atoms with Gasteiger partial charge in [-0.2, -0.15) is 9.41 Å². The lowest BCUT2D eigenvalue weighted by Crippen LogP contribution is -2.36. The van der Waals surface area contributed by atoms with Crippen molar-refractivity contribution >= 4 is 22.1 Å². The second kappa shape index (κ2) is 9.34. The third-order valence-corrected chi connectivity index (χ3v) is 5.74. The topological polar surface area (TPSA) is 97.3 Å². The number of amides is 1. The molecule has 2 aromatic carbocycles. The van der Waals surface area contributed by atoms with Crippen molar-refractivity contribution in [2.75, 3.05) is 27.8 Å². The Balaban J connectivity index is 2.00. The Hall–Kier alpha value is -2.91. The lowest BCUT2D eigenvalue weighted by molar-refractivity contribution is -0.121. The van der Waals surface area contributed by atoms with E-state index in [2.05, 4.69) is 10.5 Å². The molecule has 2 rings (SSSR count). The third kappa shape index (κ3) is 5.30. The second-order valence-electron chi connectivity index (χ2n) is 5.96. The van der Waals surface area contributed by atoms with Crippen LogP contribution in [0.4, 0.5) is 0 Å². The molecule has 1 amide bonds. The SMILES string of the molecule is COc1cccc(/C=N\NC(=O)CN(C)S(=O)(=O)c2ccc(OC)c(C)c2)c1. The molecule has 0 aliphatic carbocycles. The molecule has 8 nitrogen and oxygen atoms in total. The molecular formula is C19H23N3O5S. The number of methoxy groups -OCH3 is 2. The van der Waals surface area contributed by atoms with Gasteiger partial charge in [-0.3, -0.25) is 4.79 Å². The predicted molar refractivity (Wildman–Crippen MR) is 106 cm³/mol. The maximum atomic E-state index is 12.6. The van der Waals surface area contributed by atoms with Crippen molar-refractivity contribution in [1.82, 2.24) is 9.73 Å². The van der Waals surface area contributed by atoms with E-state index in [1.54, 1.807) is 44.4 Å². The number of nitrogens with zero attached hydrogens (tertiary/aromatic N) is 2. The Bertz CT molecular complexity index is 973. The third-order valence-electron chi connectivity index (χ3n) is 3.94. The number of likely N-dealkylation sites (N-methyl/N-ethyl adjacent to an activating group) is 1. The first-order chi connectivity index (χ1) is 13.3. The lowest BCUT2D eigenvalue weighted by atomic mass is 10.2. The van der Waals surface area contributed by atoms with Gasteiger partial charge in [0.25, 0.3) is 5.91 Å². The molecule has 0 saturated heterocycles. The van der Waals surface area contributed by atoms with Gasteiger partial charge in [0.2, 0.25) is 10.0 Å². The van der Waals surface area contributed by atoms with E-state index in [4.69, 9.17) is 9.47 Å². The molecule has 9 heteroatoms. The van der Waals surface area contributed by atoms with Crippen LogP contribution in [0.2, 0.25) is 0 Å². The average Bonchev–Trinajstić information content (AvgIpc) is 2.67. The molecule has 28 heavy (non-hydrogen) atoms. The molecule has 1 N–H and O–H groups in total. The number of carbonyl (C=O) groups is 1. The maximum absolute atomic E-state index is 12.6. The molecule has 0 atom stereocenters. The molecule has 0 aliphatic rings. The van der Waals surface area contributed by atoms with Crippen molar-refractivity contribution in [2.45, 2.75) is 11.8 Å². The van der Waals surface area contributed by atoms with Gasteiger partial charge in [-0.05, 0) is 48.4 Å². The minimum absolute atomic E-state index is 0.0842. The molecule has 0 spiro atoms. The summed E-state index contributed by atoms with van der Waals surface area (Å²) < 4.78 is 36.5. The summed E-state index contributed by atoms with van der Waals surface area (Å²) in [5, 5.41) is 3.84. The summed E-state index contributed by atoms with van der Waals surface area (Å²) in [5.74, 6) is 0.692. The highest BCUT2D eigenvalue weighted by molar-refractivity contribution is 7.89. The lowest BCUT2D eigenvalue weighted by Gasteiger charge is -2.17. The van der Waals surface area contributed by atoms with Crippen LogP contribution >= 0.6 is 0 Å². The minimum atomic E-state index is -3.82. The number of carbonyl (C=O) groups excluding carboxylic acids is 1. The van der Waals surface area contributed by atoms with Gasteiger partial charge in [-0.1, -0.05) is 12.1 Å². The summed E-state index contributed by atoms with van der Waals surface area (Å²) in [5.41, 5.74) is 3.73. The summed E-state index contributed by atoms with van der Waals surface area (Å²) in [4.78, 5) is 12.1. The van der Waals surface area contributed by atoms with E-state index in [1.807, 2.05) is 0 Å². The van der Waals surface area contributed by atoms with E-state index in [-0.39, 0.29) is 11.4 Å². The van der Waals surface area contributed by atoms with E-state index in [9.17, 15) is 13.2 Å². The highest BCUT2D eigenvalue weighted by Crippen LogP contribution is 2.23. The van der Waals surface area contributed by atoms with E-state index in [0.29, 0.717) is 17.1 Å². The number of benzene rings is 2. The molecule has 0 unspecified atom stereocenters. The monoisotopic (exact) mass is 405 g/mol. The van der Waals surface area contributed by atoms with Gasteiger partial charge in [0.15, 0.2) is 0 Å². The van der Waals surface area contributed by atoms with Crippen LogP contribution in [0.3, 0.4) is 0 Å². The van der Waals surface area contributed by atoms with Crippen LogP contribution < -0.4 is 14.9 Å². The fourth-order valence-corrected chi connectivity index (χ4v) is 3.63. The van der Waals surface area contributed by atoms with Crippen molar-refractivity contribution in [1.29, 1.82) is 0 Å². The van der Waals surface area contributed by atoms with Crippen LogP contribution in [-0.4, -0.2) is 52.7 Å². The average molecular weight is 405 g/mol. The summed E-state index contributed by atoms with van der Waals surface area (Å²) in [6.07, 6.45) is 1.45. The van der Waals surface area contributed by atoms with Crippen LogP contribution in [-0.2, 0) is 14.8 Å². The van der Waals surface area contributed by atoms with Crippen LogP contribution in [0.15, 0.2) is 52.5 Å². The first-order valence-corrected chi connectivity index (χ1v) is 9.79. The van der Waals surface area contributed by atoms with Crippen LogP contribution in [0.1, 0.15) is 11.1 Å². The molecule has 0 aliphatic heterocycles. The largest absolute Gasteiger partial charge is 0.497 e. The second-order valence-corrected chi connectivity index (χ2v) is 8.01. The molecule has 0 heterocycles. The summed E-state index contributed by atoms with van der Waals surface area (Å²) >= 11 is 0. The zero-order chi connectivity index (χ0) is 20.7. The molecule has 0 bridgehead atoms. The number of hydrogen-bond acceptors (Lipinski definition) is 6. The van der Waals surface area contributed by atoms with Gasteiger partial charge in [-0.25, -0.2) is 13.8 Å². The van der Waals surface area contributed by atoms with E-state index >= 15 is 0 Å². The highest BCUT2D eigenvalue weighted by atomic mass is 32.2. The zero-order valence-corrected chi connectivity index (χ0v) is 17.0. The van der Waals surface area contributed by atoms with E-state index < -0.39 is 15.9 Å².